The van der Waals surface area contributed by atoms with Gasteiger partial charge >= 0.3 is 0 Å². The van der Waals surface area contributed by atoms with Gasteiger partial charge in [0.2, 0.25) is 5.95 Å². The maximum atomic E-state index is 12.0. The summed E-state index contributed by atoms with van der Waals surface area (Å²) in [6.07, 6.45) is 0. The van der Waals surface area contributed by atoms with Gasteiger partial charge in [-0.25, -0.2) is 9.97 Å². The molecule has 4 nitrogen and oxygen atoms in total. The van der Waals surface area contributed by atoms with Crippen molar-refractivity contribution in [3.63, 3.8) is 0 Å². The van der Waals surface area contributed by atoms with E-state index in [9.17, 15) is 4.79 Å². The van der Waals surface area contributed by atoms with Crippen LogP contribution in [-0.2, 0) is 0 Å². The van der Waals surface area contributed by atoms with E-state index in [2.05, 4.69) is 37.9 Å². The first-order chi connectivity index (χ1) is 8.95. The molecule has 1 N–H and O–H groups in total. The molecule has 0 atom stereocenters. The Kier molecular flexibility index (Phi) is 4.59. The number of rotatable bonds is 2. The summed E-state index contributed by atoms with van der Waals surface area (Å²) in [6, 6.07) is 6.65. The Labute approximate surface area is 133 Å². The molecule has 0 saturated carbocycles. The SMILES string of the molecule is Cc1cc(Cl)nc(NC(=O)c2ccc(I)c(Cl)c2)n1. The molecule has 7 heteroatoms. The molecule has 0 aliphatic heterocycles. The van der Waals surface area contributed by atoms with Gasteiger partial charge in [0.25, 0.3) is 5.91 Å². The van der Waals surface area contributed by atoms with Crippen LogP contribution in [0.5, 0.6) is 0 Å². The van der Waals surface area contributed by atoms with Crippen LogP contribution >= 0.6 is 45.8 Å². The average Bonchev–Trinajstić information content (AvgIpc) is 2.31. The molecule has 0 aliphatic carbocycles. The number of amides is 1. The standard InChI is InChI=1S/C12H8Cl2IN3O/c1-6-4-10(14)17-12(16-6)18-11(19)7-2-3-9(15)8(13)5-7/h2-5H,1H3,(H,16,17,18,19). The number of hydrogen-bond acceptors (Lipinski definition) is 3. The van der Waals surface area contributed by atoms with Crippen LogP contribution < -0.4 is 5.32 Å². The molecule has 0 radical (unpaired) electrons. The van der Waals surface area contributed by atoms with E-state index in [4.69, 9.17) is 23.2 Å². The van der Waals surface area contributed by atoms with Gasteiger partial charge in [-0.1, -0.05) is 23.2 Å². The number of nitrogens with one attached hydrogen (secondary N) is 1. The highest BCUT2D eigenvalue weighted by Gasteiger charge is 2.10. The first-order valence-electron chi connectivity index (χ1n) is 5.23. The Morgan fingerprint density at radius 2 is 2.00 bits per heavy atom. The molecule has 0 fully saturated rings. The molecule has 1 aromatic carbocycles. The number of benzene rings is 1. The second kappa shape index (κ2) is 6.02. The molecule has 1 heterocycles. The van der Waals surface area contributed by atoms with Gasteiger partial charge in [0.05, 0.1) is 5.02 Å². The molecule has 2 aromatic rings. The number of anilines is 1. The van der Waals surface area contributed by atoms with Gasteiger partial charge in [0.1, 0.15) is 5.15 Å². The fraction of sp³-hybridized carbons (Fsp3) is 0.0833. The lowest BCUT2D eigenvalue weighted by Gasteiger charge is -2.06. The van der Waals surface area contributed by atoms with Crippen molar-refractivity contribution >= 4 is 57.6 Å². The Bertz CT molecular complexity index is 629. The maximum Gasteiger partial charge on any atom is 0.258 e. The number of hydrogen-bond donors (Lipinski definition) is 1. The quantitative estimate of drug-likeness (QED) is 0.605. The second-order valence-electron chi connectivity index (χ2n) is 3.74. The fourth-order valence-electron chi connectivity index (χ4n) is 1.40. The summed E-state index contributed by atoms with van der Waals surface area (Å²) < 4.78 is 0.880. The van der Waals surface area contributed by atoms with E-state index in [0.29, 0.717) is 16.3 Å². The zero-order chi connectivity index (χ0) is 14.0. The van der Waals surface area contributed by atoms with Crippen molar-refractivity contribution < 1.29 is 4.79 Å². The summed E-state index contributed by atoms with van der Waals surface area (Å²) in [7, 11) is 0. The zero-order valence-electron chi connectivity index (χ0n) is 9.75. The largest absolute Gasteiger partial charge is 0.290 e. The van der Waals surface area contributed by atoms with Crippen molar-refractivity contribution in [1.82, 2.24) is 9.97 Å². The molecule has 0 bridgehead atoms. The van der Waals surface area contributed by atoms with E-state index in [1.54, 1.807) is 31.2 Å². The minimum Gasteiger partial charge on any atom is -0.290 e. The highest BCUT2D eigenvalue weighted by molar-refractivity contribution is 14.1. The smallest absolute Gasteiger partial charge is 0.258 e. The minimum absolute atomic E-state index is 0.171. The van der Waals surface area contributed by atoms with Crippen molar-refractivity contribution in [3.05, 3.63) is 49.3 Å². The van der Waals surface area contributed by atoms with E-state index in [-0.39, 0.29) is 17.0 Å². The number of halogens is 3. The molecule has 0 saturated heterocycles. The molecule has 0 unspecified atom stereocenters. The predicted octanol–water partition coefficient (Wildman–Crippen LogP) is 3.95. The first-order valence-corrected chi connectivity index (χ1v) is 7.07. The molecule has 2 rings (SSSR count). The Morgan fingerprint density at radius 3 is 2.63 bits per heavy atom. The topological polar surface area (TPSA) is 54.9 Å². The van der Waals surface area contributed by atoms with E-state index >= 15 is 0 Å². The number of carbonyl (C=O) groups excluding carboxylic acids is 1. The van der Waals surface area contributed by atoms with Crippen LogP contribution in [0.1, 0.15) is 16.1 Å². The monoisotopic (exact) mass is 407 g/mol. The molecule has 19 heavy (non-hydrogen) atoms. The van der Waals surface area contributed by atoms with E-state index in [0.717, 1.165) is 3.57 Å². The van der Waals surface area contributed by atoms with Crippen LogP contribution in [0, 0.1) is 10.5 Å². The van der Waals surface area contributed by atoms with Crippen LogP contribution in [-0.4, -0.2) is 15.9 Å². The van der Waals surface area contributed by atoms with Crippen LogP contribution in [0.25, 0.3) is 0 Å². The van der Waals surface area contributed by atoms with Crippen molar-refractivity contribution in [2.75, 3.05) is 5.32 Å². The van der Waals surface area contributed by atoms with Gasteiger partial charge in [-0.15, -0.1) is 0 Å². The van der Waals surface area contributed by atoms with Crippen LogP contribution in [0.2, 0.25) is 10.2 Å². The van der Waals surface area contributed by atoms with E-state index in [1.807, 2.05) is 0 Å². The highest BCUT2D eigenvalue weighted by atomic mass is 127. The summed E-state index contributed by atoms with van der Waals surface area (Å²) in [5.74, 6) is -0.162. The van der Waals surface area contributed by atoms with Crippen molar-refractivity contribution in [1.29, 1.82) is 0 Å². The summed E-state index contributed by atoms with van der Waals surface area (Å²) in [4.78, 5) is 20.0. The summed E-state index contributed by atoms with van der Waals surface area (Å²) >= 11 is 13.9. The Hall–Kier alpha value is -0.920. The first kappa shape index (κ1) is 14.5. The van der Waals surface area contributed by atoms with Crippen molar-refractivity contribution in [3.8, 4) is 0 Å². The lowest BCUT2D eigenvalue weighted by atomic mass is 10.2. The van der Waals surface area contributed by atoms with Gasteiger partial charge in [-0.05, 0) is 53.8 Å². The van der Waals surface area contributed by atoms with Gasteiger partial charge in [0, 0.05) is 14.8 Å². The number of nitrogens with zero attached hydrogens (tertiary/aromatic N) is 2. The lowest BCUT2D eigenvalue weighted by molar-refractivity contribution is 0.102. The molecule has 98 valence electrons. The minimum atomic E-state index is -0.333. The maximum absolute atomic E-state index is 12.0. The van der Waals surface area contributed by atoms with Crippen molar-refractivity contribution in [2.45, 2.75) is 6.92 Å². The van der Waals surface area contributed by atoms with Gasteiger partial charge in [-0.2, -0.15) is 0 Å². The van der Waals surface area contributed by atoms with E-state index < -0.39 is 0 Å². The third-order valence-corrected chi connectivity index (χ3v) is 4.00. The van der Waals surface area contributed by atoms with Gasteiger partial charge in [0.15, 0.2) is 0 Å². The van der Waals surface area contributed by atoms with Crippen LogP contribution in [0.4, 0.5) is 5.95 Å². The molecule has 0 aliphatic rings. The average molecular weight is 408 g/mol. The van der Waals surface area contributed by atoms with Gasteiger partial charge < -0.3 is 0 Å². The molecular formula is C12H8Cl2IN3O. The summed E-state index contributed by atoms with van der Waals surface area (Å²) in [5.41, 5.74) is 1.11. The molecule has 1 aromatic heterocycles. The van der Waals surface area contributed by atoms with Crippen LogP contribution in [0.3, 0.4) is 0 Å². The fourth-order valence-corrected chi connectivity index (χ4v) is 2.15. The molecular weight excluding hydrogens is 400 g/mol. The molecule has 1 amide bonds. The van der Waals surface area contributed by atoms with Crippen LogP contribution in [0.15, 0.2) is 24.3 Å². The number of carbonyl (C=O) groups is 1. The Morgan fingerprint density at radius 1 is 1.26 bits per heavy atom. The predicted molar refractivity (Wildman–Crippen MR) is 83.9 cm³/mol. The highest BCUT2D eigenvalue weighted by Crippen LogP contribution is 2.20. The lowest BCUT2D eigenvalue weighted by Crippen LogP contribution is -2.14. The van der Waals surface area contributed by atoms with Gasteiger partial charge in [-0.3, -0.25) is 10.1 Å². The van der Waals surface area contributed by atoms with E-state index in [1.165, 1.54) is 0 Å². The molecule has 0 spiro atoms. The van der Waals surface area contributed by atoms with Crippen molar-refractivity contribution in [2.24, 2.45) is 0 Å². The number of aromatic nitrogens is 2. The zero-order valence-corrected chi connectivity index (χ0v) is 13.4. The summed E-state index contributed by atoms with van der Waals surface area (Å²) in [5, 5.41) is 3.39. The third-order valence-electron chi connectivity index (χ3n) is 2.23. The summed E-state index contributed by atoms with van der Waals surface area (Å²) in [6.45, 7) is 1.77. The Balaban J connectivity index is 2.22. The number of aryl methyl sites for hydroxylation is 1. The second-order valence-corrected chi connectivity index (χ2v) is 5.70. The third kappa shape index (κ3) is 3.77. The normalized spacial score (nSPS) is 10.3.